The summed E-state index contributed by atoms with van der Waals surface area (Å²) in [4.78, 5) is 46.7. The van der Waals surface area contributed by atoms with Crippen molar-refractivity contribution in [2.24, 2.45) is 0 Å². The molecule has 0 radical (unpaired) electrons. The minimum atomic E-state index is -0.603. The molecule has 4 atom stereocenters. The number of hydrogen-bond donors (Lipinski definition) is 0. The molecule has 0 bridgehead atoms. The third-order valence-electron chi connectivity index (χ3n) is 7.10. The number of esters is 2. The number of ether oxygens (including phenoxy) is 4. The van der Waals surface area contributed by atoms with Crippen molar-refractivity contribution in [3.05, 3.63) is 131 Å². The Morgan fingerprint density at radius 1 is 0.591 bits per heavy atom. The largest absolute Gasteiger partial charge is 0.453 e. The quantitative estimate of drug-likeness (QED) is 0.0928. The van der Waals surface area contributed by atoms with E-state index < -0.39 is 36.4 Å². The third-order valence-corrected chi connectivity index (χ3v) is 7.10. The van der Waals surface area contributed by atoms with Crippen LogP contribution >= 0.6 is 0 Å². The molecule has 0 amide bonds. The van der Waals surface area contributed by atoms with Crippen LogP contribution in [0, 0.1) is 0 Å². The summed E-state index contributed by atoms with van der Waals surface area (Å²) in [5.74, 6) is -0.139. The summed E-state index contributed by atoms with van der Waals surface area (Å²) >= 11 is 0. The van der Waals surface area contributed by atoms with Gasteiger partial charge in [-0.25, -0.2) is 19.4 Å². The fraction of sp³-hybridized carbons (Fsp3) is 0.235. The first-order valence-corrected chi connectivity index (χ1v) is 14.1. The molecule has 2 heterocycles. The molecular formula is C34H30O10. The first kappa shape index (κ1) is 29.5. The molecule has 1 unspecified atom stereocenters. The summed E-state index contributed by atoms with van der Waals surface area (Å²) in [6.45, 7) is 0.945. The molecule has 0 saturated carbocycles. The number of fused-ring (bicyclic) bond motifs is 1. The Morgan fingerprint density at radius 2 is 1.16 bits per heavy atom. The average Bonchev–Trinajstić information content (AvgIpc) is 3.66. The Hall–Kier alpha value is -4.58. The number of hydrogen-bond acceptors (Lipinski definition) is 10. The van der Waals surface area contributed by atoms with Crippen molar-refractivity contribution in [2.45, 2.75) is 37.6 Å². The fourth-order valence-electron chi connectivity index (χ4n) is 4.79. The van der Waals surface area contributed by atoms with Crippen LogP contribution in [0.5, 0.6) is 11.5 Å². The highest BCUT2D eigenvalue weighted by atomic mass is 17.2. The monoisotopic (exact) mass is 598 g/mol. The van der Waals surface area contributed by atoms with Gasteiger partial charge in [-0.15, -0.1) is 0 Å². The zero-order valence-electron chi connectivity index (χ0n) is 23.6. The maximum atomic E-state index is 12.8. The zero-order chi connectivity index (χ0) is 30.1. The highest BCUT2D eigenvalue weighted by molar-refractivity contribution is 5.92. The van der Waals surface area contributed by atoms with E-state index in [2.05, 4.69) is 0 Å². The minimum absolute atomic E-state index is 0.168. The molecule has 0 spiro atoms. The van der Waals surface area contributed by atoms with E-state index in [1.165, 1.54) is 12.1 Å². The lowest BCUT2D eigenvalue weighted by atomic mass is 10.1. The lowest BCUT2D eigenvalue weighted by Crippen LogP contribution is -2.35. The molecule has 0 N–H and O–H groups in total. The standard InChI is InChI=1S/C34H30O10/c35-33(25-9-5-2-6-10-25)41-27-17-13-26(14-18-27)34(36)42-29-21-37-32-30(22-38-31(29)32)44-40-20-24-11-15-28(16-12-24)43-39-19-23-7-3-1-4-8-23/h1-18,29-32H,19-22H2/t29?,30-,31+,32+/m0/s1. The van der Waals surface area contributed by atoms with Crippen molar-refractivity contribution >= 4 is 11.9 Å². The molecule has 10 nitrogen and oxygen atoms in total. The predicted molar refractivity (Wildman–Crippen MR) is 154 cm³/mol. The van der Waals surface area contributed by atoms with Gasteiger partial charge in [0.15, 0.2) is 11.9 Å². The van der Waals surface area contributed by atoms with Crippen molar-refractivity contribution in [2.75, 3.05) is 13.2 Å². The van der Waals surface area contributed by atoms with Crippen LogP contribution in [0.3, 0.4) is 0 Å². The topological polar surface area (TPSA) is 108 Å². The molecule has 2 aliphatic heterocycles. The Balaban J connectivity index is 0.915. The van der Waals surface area contributed by atoms with E-state index in [1.54, 1.807) is 48.5 Å². The van der Waals surface area contributed by atoms with Gasteiger partial charge in [0.05, 0.1) is 24.3 Å². The van der Waals surface area contributed by atoms with Crippen LogP contribution in [0.1, 0.15) is 31.8 Å². The van der Waals surface area contributed by atoms with Crippen molar-refractivity contribution in [1.82, 2.24) is 0 Å². The van der Waals surface area contributed by atoms with Crippen molar-refractivity contribution in [3.8, 4) is 11.5 Å². The molecule has 10 heteroatoms. The van der Waals surface area contributed by atoms with Gasteiger partial charge >= 0.3 is 11.9 Å². The second-order valence-electron chi connectivity index (χ2n) is 10.2. The van der Waals surface area contributed by atoms with Crippen LogP contribution in [0.15, 0.2) is 109 Å². The molecular weight excluding hydrogens is 568 g/mol. The second kappa shape index (κ2) is 14.3. The highest BCUT2D eigenvalue weighted by Crippen LogP contribution is 2.31. The molecule has 226 valence electrons. The molecule has 2 aliphatic rings. The molecule has 44 heavy (non-hydrogen) atoms. The van der Waals surface area contributed by atoms with Gasteiger partial charge in [-0.05, 0) is 59.7 Å². The van der Waals surface area contributed by atoms with Crippen LogP contribution in [-0.4, -0.2) is 49.6 Å². The average molecular weight is 599 g/mol. The summed E-state index contributed by atoms with van der Waals surface area (Å²) < 4.78 is 22.7. The van der Waals surface area contributed by atoms with Crippen LogP contribution in [-0.2, 0) is 42.1 Å². The predicted octanol–water partition coefficient (Wildman–Crippen LogP) is 5.26. The van der Waals surface area contributed by atoms with E-state index in [0.717, 1.165) is 11.1 Å². The molecule has 6 rings (SSSR count). The summed E-state index contributed by atoms with van der Waals surface area (Å²) in [5, 5.41) is 0. The fourth-order valence-corrected chi connectivity index (χ4v) is 4.79. The van der Waals surface area contributed by atoms with Crippen LogP contribution < -0.4 is 9.62 Å². The van der Waals surface area contributed by atoms with E-state index in [1.807, 2.05) is 48.5 Å². The Labute approximate surface area is 253 Å². The zero-order valence-corrected chi connectivity index (χ0v) is 23.6. The van der Waals surface area contributed by atoms with E-state index in [9.17, 15) is 9.59 Å². The third kappa shape index (κ3) is 7.49. The van der Waals surface area contributed by atoms with Gasteiger partial charge < -0.3 is 23.8 Å². The SMILES string of the molecule is O=C(Oc1ccc(C(=O)OC2CO[C@@H]3[C@@H](OOCc4ccc(OOCc5ccccc5)cc4)CO[C@H]23)cc1)c1ccccc1. The molecule has 0 aromatic heterocycles. The van der Waals surface area contributed by atoms with Crippen LogP contribution in [0.2, 0.25) is 0 Å². The first-order chi connectivity index (χ1) is 21.6. The van der Waals surface area contributed by atoms with E-state index >= 15 is 0 Å². The smallest absolute Gasteiger partial charge is 0.343 e. The van der Waals surface area contributed by atoms with Gasteiger partial charge in [0.25, 0.3) is 0 Å². The lowest BCUT2D eigenvalue weighted by molar-refractivity contribution is -0.341. The van der Waals surface area contributed by atoms with E-state index in [-0.39, 0.29) is 19.8 Å². The number of carbonyl (C=O) groups is 2. The molecule has 4 aromatic carbocycles. The van der Waals surface area contributed by atoms with Gasteiger partial charge in [-0.1, -0.05) is 60.7 Å². The molecule has 2 saturated heterocycles. The van der Waals surface area contributed by atoms with Crippen molar-refractivity contribution in [1.29, 1.82) is 0 Å². The second-order valence-corrected chi connectivity index (χ2v) is 10.2. The van der Waals surface area contributed by atoms with Crippen LogP contribution in [0.4, 0.5) is 0 Å². The number of rotatable bonds is 12. The molecule has 2 fully saturated rings. The van der Waals surface area contributed by atoms with Crippen molar-refractivity contribution in [3.63, 3.8) is 0 Å². The summed E-state index contributed by atoms with van der Waals surface area (Å²) in [6, 6.07) is 31.8. The maximum Gasteiger partial charge on any atom is 0.343 e. The lowest BCUT2D eigenvalue weighted by Gasteiger charge is -2.17. The first-order valence-electron chi connectivity index (χ1n) is 14.1. The van der Waals surface area contributed by atoms with E-state index in [4.69, 9.17) is 38.5 Å². The molecule has 0 aliphatic carbocycles. The van der Waals surface area contributed by atoms with Gasteiger partial charge in [-0.2, -0.15) is 4.89 Å². The maximum absolute atomic E-state index is 12.8. The van der Waals surface area contributed by atoms with E-state index in [0.29, 0.717) is 29.2 Å². The number of carbonyl (C=O) groups excluding carboxylic acids is 2. The Morgan fingerprint density at radius 3 is 1.89 bits per heavy atom. The molecule has 4 aromatic rings. The highest BCUT2D eigenvalue weighted by Gasteiger charge is 2.50. The number of benzene rings is 4. The van der Waals surface area contributed by atoms with Gasteiger partial charge in [-0.3, -0.25) is 0 Å². The normalized spacial score (nSPS) is 20.5. The van der Waals surface area contributed by atoms with Crippen molar-refractivity contribution < 1.29 is 48.1 Å². The van der Waals surface area contributed by atoms with Crippen LogP contribution in [0.25, 0.3) is 0 Å². The summed E-state index contributed by atoms with van der Waals surface area (Å²) in [7, 11) is 0. The minimum Gasteiger partial charge on any atom is -0.453 e. The van der Waals surface area contributed by atoms with Gasteiger partial charge in [0, 0.05) is 0 Å². The summed E-state index contributed by atoms with van der Waals surface area (Å²) in [6.07, 6.45) is -2.00. The van der Waals surface area contributed by atoms with Gasteiger partial charge in [0.2, 0.25) is 0 Å². The van der Waals surface area contributed by atoms with Gasteiger partial charge in [0.1, 0.15) is 37.3 Å². The summed E-state index contributed by atoms with van der Waals surface area (Å²) in [5.41, 5.74) is 2.62. The Bertz CT molecular complexity index is 1510. The Kier molecular flexibility index (Phi) is 9.56.